The third-order valence-corrected chi connectivity index (χ3v) is 4.05. The molecule has 3 N–H and O–H groups in total. The fourth-order valence-electron chi connectivity index (χ4n) is 2.12. The van der Waals surface area contributed by atoms with E-state index in [9.17, 15) is 22.8 Å². The SMILES string of the molecule is CS(=O)(=O)Cc1ccc(CNC(=O)C[C@H]2NC(=O)NC2=O)cc1. The molecule has 4 amide bonds. The van der Waals surface area contributed by atoms with Crippen LogP contribution in [0.2, 0.25) is 0 Å². The van der Waals surface area contributed by atoms with Crippen LogP contribution in [0, 0.1) is 0 Å². The average molecular weight is 339 g/mol. The van der Waals surface area contributed by atoms with Crippen LogP contribution in [-0.2, 0) is 31.7 Å². The van der Waals surface area contributed by atoms with Gasteiger partial charge in [-0.3, -0.25) is 14.9 Å². The Kier molecular flexibility index (Phi) is 4.99. The molecule has 1 aromatic carbocycles. The number of carbonyl (C=O) groups excluding carboxylic acids is 3. The van der Waals surface area contributed by atoms with E-state index in [1.54, 1.807) is 24.3 Å². The minimum Gasteiger partial charge on any atom is -0.352 e. The van der Waals surface area contributed by atoms with Crippen LogP contribution in [0.4, 0.5) is 4.79 Å². The summed E-state index contributed by atoms with van der Waals surface area (Å²) in [6, 6.07) is 5.38. The van der Waals surface area contributed by atoms with Crippen molar-refractivity contribution in [3.05, 3.63) is 35.4 Å². The number of rotatable bonds is 6. The lowest BCUT2D eigenvalue weighted by Crippen LogP contribution is -2.36. The summed E-state index contributed by atoms with van der Waals surface area (Å²) in [5.41, 5.74) is 1.48. The molecule has 1 aromatic rings. The highest BCUT2D eigenvalue weighted by atomic mass is 32.2. The number of imide groups is 1. The highest BCUT2D eigenvalue weighted by Crippen LogP contribution is 2.08. The van der Waals surface area contributed by atoms with Gasteiger partial charge in [-0.1, -0.05) is 24.3 Å². The van der Waals surface area contributed by atoms with Crippen molar-refractivity contribution in [1.29, 1.82) is 0 Å². The van der Waals surface area contributed by atoms with Gasteiger partial charge in [-0.2, -0.15) is 0 Å². The van der Waals surface area contributed by atoms with Gasteiger partial charge in [0.2, 0.25) is 5.91 Å². The molecule has 1 atom stereocenters. The zero-order chi connectivity index (χ0) is 17.0. The zero-order valence-electron chi connectivity index (χ0n) is 12.5. The summed E-state index contributed by atoms with van der Waals surface area (Å²) < 4.78 is 22.4. The number of amides is 4. The molecule has 9 heteroatoms. The molecule has 1 heterocycles. The number of benzene rings is 1. The highest BCUT2D eigenvalue weighted by Gasteiger charge is 2.31. The van der Waals surface area contributed by atoms with Crippen molar-refractivity contribution in [1.82, 2.24) is 16.0 Å². The fraction of sp³-hybridized carbons (Fsp3) is 0.357. The van der Waals surface area contributed by atoms with Crippen molar-refractivity contribution in [3.63, 3.8) is 0 Å². The summed E-state index contributed by atoms with van der Waals surface area (Å²) >= 11 is 0. The predicted molar refractivity (Wildman–Crippen MR) is 81.9 cm³/mol. The van der Waals surface area contributed by atoms with Crippen LogP contribution >= 0.6 is 0 Å². The van der Waals surface area contributed by atoms with Gasteiger partial charge in [-0.05, 0) is 11.1 Å². The second-order valence-electron chi connectivity index (χ2n) is 5.38. The Labute approximate surface area is 133 Å². The van der Waals surface area contributed by atoms with Gasteiger partial charge < -0.3 is 10.6 Å². The van der Waals surface area contributed by atoms with Crippen molar-refractivity contribution in [2.45, 2.75) is 24.8 Å². The molecule has 1 fully saturated rings. The Morgan fingerprint density at radius 3 is 2.30 bits per heavy atom. The molecule has 1 aliphatic rings. The summed E-state index contributed by atoms with van der Waals surface area (Å²) in [5.74, 6) is -0.918. The minimum absolute atomic E-state index is 0.0316. The molecule has 0 aromatic heterocycles. The normalized spacial score (nSPS) is 17.5. The molecule has 124 valence electrons. The first-order valence-corrected chi connectivity index (χ1v) is 8.92. The maximum absolute atomic E-state index is 11.8. The van der Waals surface area contributed by atoms with Gasteiger partial charge >= 0.3 is 6.03 Å². The van der Waals surface area contributed by atoms with Gasteiger partial charge in [-0.25, -0.2) is 13.2 Å². The van der Waals surface area contributed by atoms with Gasteiger partial charge in [0.15, 0.2) is 9.84 Å². The van der Waals surface area contributed by atoms with Gasteiger partial charge in [0.25, 0.3) is 5.91 Å². The Balaban J connectivity index is 1.82. The standard InChI is InChI=1S/C14H17N3O5S/c1-23(21,22)8-10-4-2-9(3-5-10)7-15-12(18)6-11-13(19)17-14(20)16-11/h2-5,11H,6-8H2,1H3,(H,15,18)(H2,16,17,19,20)/t11-/m1/s1. The van der Waals surface area contributed by atoms with Crippen LogP contribution in [0.3, 0.4) is 0 Å². The van der Waals surface area contributed by atoms with E-state index < -0.39 is 27.8 Å². The molecule has 0 radical (unpaired) electrons. The Hall–Kier alpha value is -2.42. The molecule has 0 saturated carbocycles. The van der Waals surface area contributed by atoms with E-state index in [0.717, 1.165) is 5.56 Å². The van der Waals surface area contributed by atoms with Gasteiger partial charge in [-0.15, -0.1) is 0 Å². The molecule has 0 aliphatic carbocycles. The van der Waals surface area contributed by atoms with E-state index in [4.69, 9.17) is 0 Å². The summed E-state index contributed by atoms with van der Waals surface area (Å²) in [6.07, 6.45) is 1.03. The van der Waals surface area contributed by atoms with Crippen LogP contribution in [0.1, 0.15) is 17.5 Å². The minimum atomic E-state index is -3.08. The molecule has 1 aliphatic heterocycles. The second-order valence-corrected chi connectivity index (χ2v) is 7.52. The van der Waals surface area contributed by atoms with E-state index >= 15 is 0 Å². The molecule has 2 rings (SSSR count). The topological polar surface area (TPSA) is 121 Å². The molecule has 1 saturated heterocycles. The molecular weight excluding hydrogens is 322 g/mol. The van der Waals surface area contributed by atoms with Crippen molar-refractivity contribution in [3.8, 4) is 0 Å². The Morgan fingerprint density at radius 1 is 1.17 bits per heavy atom. The van der Waals surface area contributed by atoms with E-state index in [0.29, 0.717) is 5.56 Å². The summed E-state index contributed by atoms with van der Waals surface area (Å²) in [6.45, 7) is 0.250. The molecule has 23 heavy (non-hydrogen) atoms. The van der Waals surface area contributed by atoms with E-state index in [-0.39, 0.29) is 24.6 Å². The molecule has 0 unspecified atom stereocenters. The van der Waals surface area contributed by atoms with Crippen molar-refractivity contribution >= 4 is 27.7 Å². The van der Waals surface area contributed by atoms with E-state index in [1.807, 2.05) is 0 Å². The second kappa shape index (κ2) is 6.78. The van der Waals surface area contributed by atoms with Gasteiger partial charge in [0.1, 0.15) is 6.04 Å². The van der Waals surface area contributed by atoms with Crippen LogP contribution in [0.15, 0.2) is 24.3 Å². The lowest BCUT2D eigenvalue weighted by molar-refractivity contribution is -0.126. The maximum Gasteiger partial charge on any atom is 0.322 e. The highest BCUT2D eigenvalue weighted by molar-refractivity contribution is 7.89. The van der Waals surface area contributed by atoms with Gasteiger partial charge in [0, 0.05) is 12.8 Å². The van der Waals surface area contributed by atoms with Crippen molar-refractivity contribution < 1.29 is 22.8 Å². The lowest BCUT2D eigenvalue weighted by atomic mass is 10.1. The van der Waals surface area contributed by atoms with Crippen LogP contribution in [-0.4, -0.2) is 38.6 Å². The van der Waals surface area contributed by atoms with Crippen LogP contribution < -0.4 is 16.0 Å². The predicted octanol–water partition coefficient (Wildman–Crippen LogP) is -0.554. The van der Waals surface area contributed by atoms with Crippen LogP contribution in [0.25, 0.3) is 0 Å². The molecular formula is C14H17N3O5S. The van der Waals surface area contributed by atoms with Crippen molar-refractivity contribution in [2.75, 3.05) is 6.26 Å². The number of hydrogen-bond acceptors (Lipinski definition) is 5. The monoisotopic (exact) mass is 339 g/mol. The summed E-state index contributed by atoms with van der Waals surface area (Å²) in [4.78, 5) is 34.0. The van der Waals surface area contributed by atoms with E-state index in [2.05, 4.69) is 16.0 Å². The first kappa shape index (κ1) is 16.9. The molecule has 8 nitrogen and oxygen atoms in total. The Bertz CT molecular complexity index is 727. The summed E-state index contributed by atoms with van der Waals surface area (Å²) in [7, 11) is -3.08. The number of carbonyl (C=O) groups is 3. The first-order chi connectivity index (χ1) is 10.7. The lowest BCUT2D eigenvalue weighted by Gasteiger charge is -2.09. The Morgan fingerprint density at radius 2 is 1.78 bits per heavy atom. The van der Waals surface area contributed by atoms with Crippen molar-refractivity contribution in [2.24, 2.45) is 0 Å². The zero-order valence-corrected chi connectivity index (χ0v) is 13.3. The third-order valence-electron chi connectivity index (χ3n) is 3.19. The number of urea groups is 1. The number of hydrogen-bond donors (Lipinski definition) is 3. The largest absolute Gasteiger partial charge is 0.352 e. The summed E-state index contributed by atoms with van der Waals surface area (Å²) in [5, 5.41) is 7.04. The number of sulfone groups is 1. The fourth-order valence-corrected chi connectivity index (χ4v) is 2.91. The third kappa shape index (κ3) is 5.37. The number of nitrogens with one attached hydrogen (secondary N) is 3. The van der Waals surface area contributed by atoms with Crippen LogP contribution in [0.5, 0.6) is 0 Å². The van der Waals surface area contributed by atoms with Gasteiger partial charge in [0.05, 0.1) is 12.2 Å². The quantitative estimate of drug-likeness (QED) is 0.600. The smallest absolute Gasteiger partial charge is 0.322 e. The molecule has 0 bridgehead atoms. The maximum atomic E-state index is 11.8. The first-order valence-electron chi connectivity index (χ1n) is 6.86. The van der Waals surface area contributed by atoms with E-state index in [1.165, 1.54) is 6.26 Å². The molecule has 0 spiro atoms. The average Bonchev–Trinajstić information content (AvgIpc) is 2.74.